The van der Waals surface area contributed by atoms with E-state index in [1.54, 1.807) is 12.1 Å². The first-order chi connectivity index (χ1) is 9.16. The average molecular weight is 276 g/mol. The summed E-state index contributed by atoms with van der Waals surface area (Å²) < 4.78 is 13.6. The zero-order valence-corrected chi connectivity index (χ0v) is 10.7. The van der Waals surface area contributed by atoms with Crippen molar-refractivity contribution in [3.8, 4) is 0 Å². The van der Waals surface area contributed by atoms with E-state index in [9.17, 15) is 9.18 Å². The van der Waals surface area contributed by atoms with E-state index in [1.165, 1.54) is 18.2 Å². The molecule has 0 aliphatic carbocycles. The van der Waals surface area contributed by atoms with E-state index in [4.69, 9.17) is 11.6 Å². The molecule has 2 rings (SSSR count). The van der Waals surface area contributed by atoms with Gasteiger partial charge in [0.15, 0.2) is 5.82 Å². The Morgan fingerprint density at radius 2 is 1.84 bits per heavy atom. The molecule has 0 aliphatic rings. The number of halogens is 2. The fraction of sp³-hybridized carbons (Fsp3) is 0. The van der Waals surface area contributed by atoms with Crippen LogP contribution < -0.4 is 5.32 Å². The maximum atomic E-state index is 13.6. The Morgan fingerprint density at radius 1 is 1.11 bits per heavy atom. The smallest absolute Gasteiger partial charge is 0.248 e. The average Bonchev–Trinajstić information content (AvgIpc) is 2.43. The van der Waals surface area contributed by atoms with Crippen molar-refractivity contribution in [1.82, 2.24) is 0 Å². The minimum Gasteiger partial charge on any atom is -0.320 e. The van der Waals surface area contributed by atoms with Crippen LogP contribution in [0.3, 0.4) is 0 Å². The van der Waals surface area contributed by atoms with Gasteiger partial charge >= 0.3 is 0 Å². The monoisotopic (exact) mass is 275 g/mol. The molecule has 1 amide bonds. The van der Waals surface area contributed by atoms with Gasteiger partial charge < -0.3 is 5.32 Å². The van der Waals surface area contributed by atoms with Crippen LogP contribution in [-0.2, 0) is 4.79 Å². The summed E-state index contributed by atoms with van der Waals surface area (Å²) >= 11 is 5.63. The predicted octanol–water partition coefficient (Wildman–Crippen LogP) is 4.13. The Balaban J connectivity index is 2.06. The maximum Gasteiger partial charge on any atom is 0.248 e. The van der Waals surface area contributed by atoms with Crippen molar-refractivity contribution in [2.75, 3.05) is 5.32 Å². The molecular weight excluding hydrogens is 265 g/mol. The fourth-order valence-corrected chi connectivity index (χ4v) is 1.69. The first-order valence-corrected chi connectivity index (χ1v) is 6.03. The highest BCUT2D eigenvalue weighted by Crippen LogP contribution is 2.21. The topological polar surface area (TPSA) is 29.1 Å². The third-order valence-electron chi connectivity index (χ3n) is 2.44. The van der Waals surface area contributed by atoms with E-state index in [1.807, 2.05) is 30.3 Å². The number of carbonyl (C=O) groups is 1. The van der Waals surface area contributed by atoms with Crippen molar-refractivity contribution in [3.63, 3.8) is 0 Å². The Bertz CT molecular complexity index is 611. The lowest BCUT2D eigenvalue weighted by Crippen LogP contribution is -2.09. The zero-order chi connectivity index (χ0) is 13.7. The lowest BCUT2D eigenvalue weighted by Gasteiger charge is -2.04. The molecule has 0 heterocycles. The molecule has 4 heteroatoms. The molecule has 2 nitrogen and oxygen atoms in total. The molecule has 0 atom stereocenters. The van der Waals surface area contributed by atoms with Crippen LogP contribution in [0.15, 0.2) is 54.6 Å². The van der Waals surface area contributed by atoms with Crippen molar-refractivity contribution in [2.45, 2.75) is 0 Å². The zero-order valence-electron chi connectivity index (χ0n) is 9.94. The van der Waals surface area contributed by atoms with Crippen LogP contribution in [0.1, 0.15) is 5.56 Å². The highest BCUT2D eigenvalue weighted by Gasteiger charge is 2.07. The summed E-state index contributed by atoms with van der Waals surface area (Å²) in [6.07, 6.45) is 2.99. The quantitative estimate of drug-likeness (QED) is 0.839. The van der Waals surface area contributed by atoms with Gasteiger partial charge in [-0.1, -0.05) is 48.0 Å². The molecule has 0 spiro atoms. The van der Waals surface area contributed by atoms with E-state index in [0.29, 0.717) is 0 Å². The maximum absolute atomic E-state index is 13.6. The van der Waals surface area contributed by atoms with Crippen molar-refractivity contribution in [3.05, 3.63) is 71.0 Å². The van der Waals surface area contributed by atoms with Gasteiger partial charge in [0.25, 0.3) is 0 Å². The Labute approximate surface area is 115 Å². The molecule has 2 aromatic rings. The number of benzene rings is 2. The number of rotatable bonds is 3. The molecule has 0 radical (unpaired) electrons. The van der Waals surface area contributed by atoms with E-state index < -0.39 is 11.7 Å². The van der Waals surface area contributed by atoms with E-state index in [2.05, 4.69) is 5.32 Å². The number of anilines is 1. The highest BCUT2D eigenvalue weighted by atomic mass is 35.5. The van der Waals surface area contributed by atoms with Crippen molar-refractivity contribution in [2.24, 2.45) is 0 Å². The molecule has 0 aromatic heterocycles. The fourth-order valence-electron chi connectivity index (χ4n) is 1.51. The highest BCUT2D eigenvalue weighted by molar-refractivity contribution is 6.31. The summed E-state index contributed by atoms with van der Waals surface area (Å²) in [6.45, 7) is 0. The molecule has 0 saturated heterocycles. The van der Waals surface area contributed by atoms with Crippen LogP contribution in [0.5, 0.6) is 0 Å². The van der Waals surface area contributed by atoms with Crippen LogP contribution in [0.25, 0.3) is 6.08 Å². The summed E-state index contributed by atoms with van der Waals surface area (Å²) in [5.41, 5.74) is 0.958. The molecule has 19 heavy (non-hydrogen) atoms. The SMILES string of the molecule is O=C(/C=C/c1ccccc1)Nc1cccc(Cl)c1F. The number of hydrogen-bond donors (Lipinski definition) is 1. The molecule has 0 aliphatic heterocycles. The largest absolute Gasteiger partial charge is 0.320 e. The Kier molecular flexibility index (Phi) is 4.31. The van der Waals surface area contributed by atoms with Gasteiger partial charge in [0.1, 0.15) is 0 Å². The number of nitrogens with one attached hydrogen (secondary N) is 1. The molecule has 2 aromatic carbocycles. The first-order valence-electron chi connectivity index (χ1n) is 5.65. The lowest BCUT2D eigenvalue weighted by molar-refractivity contribution is -0.111. The third kappa shape index (κ3) is 3.66. The summed E-state index contributed by atoms with van der Waals surface area (Å²) in [4.78, 5) is 11.6. The van der Waals surface area contributed by atoms with Gasteiger partial charge in [-0.05, 0) is 23.8 Å². The van der Waals surface area contributed by atoms with Gasteiger partial charge in [-0.2, -0.15) is 0 Å². The van der Waals surface area contributed by atoms with Crippen LogP contribution in [0, 0.1) is 5.82 Å². The molecule has 0 bridgehead atoms. The summed E-state index contributed by atoms with van der Waals surface area (Å²) in [7, 11) is 0. The van der Waals surface area contributed by atoms with Crippen LogP contribution in [-0.4, -0.2) is 5.91 Å². The number of amides is 1. The third-order valence-corrected chi connectivity index (χ3v) is 2.73. The molecule has 1 N–H and O–H groups in total. The van der Waals surface area contributed by atoms with Gasteiger partial charge in [-0.3, -0.25) is 4.79 Å². The van der Waals surface area contributed by atoms with Crippen LogP contribution in [0.4, 0.5) is 10.1 Å². The minimum atomic E-state index is -0.634. The van der Waals surface area contributed by atoms with E-state index >= 15 is 0 Å². The van der Waals surface area contributed by atoms with Crippen LogP contribution in [0.2, 0.25) is 5.02 Å². The van der Waals surface area contributed by atoms with Crippen molar-refractivity contribution in [1.29, 1.82) is 0 Å². The normalized spacial score (nSPS) is 10.6. The summed E-state index contributed by atoms with van der Waals surface area (Å²) in [5.74, 6) is -1.05. The first kappa shape index (κ1) is 13.3. The van der Waals surface area contributed by atoms with Gasteiger partial charge in [0.2, 0.25) is 5.91 Å². The summed E-state index contributed by atoms with van der Waals surface area (Å²) in [5, 5.41) is 2.41. The molecule has 0 saturated carbocycles. The van der Waals surface area contributed by atoms with E-state index in [0.717, 1.165) is 5.56 Å². The van der Waals surface area contributed by atoms with Gasteiger partial charge in [-0.15, -0.1) is 0 Å². The second-order valence-electron chi connectivity index (χ2n) is 3.83. The standard InChI is InChI=1S/C15H11ClFNO/c16-12-7-4-8-13(15(12)17)18-14(19)10-9-11-5-2-1-3-6-11/h1-10H,(H,18,19)/b10-9+. The molecule has 96 valence electrons. The van der Waals surface area contributed by atoms with Gasteiger partial charge in [0.05, 0.1) is 10.7 Å². The van der Waals surface area contributed by atoms with Crippen molar-refractivity contribution >= 4 is 29.3 Å². The molecular formula is C15H11ClFNO. The second-order valence-corrected chi connectivity index (χ2v) is 4.24. The predicted molar refractivity (Wildman–Crippen MR) is 75.5 cm³/mol. The lowest BCUT2D eigenvalue weighted by atomic mass is 10.2. The number of hydrogen-bond acceptors (Lipinski definition) is 1. The minimum absolute atomic E-state index is 0.0233. The van der Waals surface area contributed by atoms with Crippen LogP contribution >= 0.6 is 11.6 Å². The summed E-state index contributed by atoms with van der Waals surface area (Å²) in [6, 6.07) is 13.8. The molecule has 0 unspecified atom stereocenters. The second kappa shape index (κ2) is 6.16. The van der Waals surface area contributed by atoms with Gasteiger partial charge in [-0.25, -0.2) is 4.39 Å². The Hall–Kier alpha value is -2.13. The van der Waals surface area contributed by atoms with Crippen molar-refractivity contribution < 1.29 is 9.18 Å². The number of carbonyl (C=O) groups excluding carboxylic acids is 1. The van der Waals surface area contributed by atoms with E-state index in [-0.39, 0.29) is 10.7 Å². The van der Waals surface area contributed by atoms with Gasteiger partial charge in [0, 0.05) is 6.08 Å². The Morgan fingerprint density at radius 3 is 2.58 bits per heavy atom. The molecule has 0 fully saturated rings.